The van der Waals surface area contributed by atoms with Crippen LogP contribution in [0.25, 0.3) is 0 Å². The number of carbonyl (C=O) groups is 1. The van der Waals surface area contributed by atoms with Gasteiger partial charge in [0.15, 0.2) is 0 Å². The number of likely N-dealkylation sites (tertiary alicyclic amines) is 1. The molecular weight excluding hydrogens is 208 g/mol. The molecule has 88 valence electrons. The second-order valence-electron chi connectivity index (χ2n) is 4.24. The van der Waals surface area contributed by atoms with Crippen molar-refractivity contribution in [2.24, 2.45) is 0 Å². The minimum absolute atomic E-state index is 0.0635. The van der Waals surface area contributed by atoms with E-state index in [0.717, 1.165) is 0 Å². The van der Waals surface area contributed by atoms with Crippen LogP contribution in [0.3, 0.4) is 0 Å². The minimum atomic E-state index is -0.650. The van der Waals surface area contributed by atoms with Crippen LogP contribution in [0.4, 0.5) is 0 Å². The van der Waals surface area contributed by atoms with E-state index in [4.69, 9.17) is 0 Å². The molecule has 0 aliphatic carbocycles. The third kappa shape index (κ3) is 2.21. The lowest BCUT2D eigenvalue weighted by atomic mass is 9.91. The summed E-state index contributed by atoms with van der Waals surface area (Å²) in [6.45, 7) is 3.39. The van der Waals surface area contributed by atoms with Crippen molar-refractivity contribution in [3.63, 3.8) is 0 Å². The van der Waals surface area contributed by atoms with Gasteiger partial charge in [-0.3, -0.25) is 9.48 Å². The van der Waals surface area contributed by atoms with Crippen LogP contribution in [0.5, 0.6) is 0 Å². The predicted molar refractivity (Wildman–Crippen MR) is 56.5 cm³/mol. The van der Waals surface area contributed by atoms with Gasteiger partial charge >= 0.3 is 0 Å². The van der Waals surface area contributed by atoms with Crippen molar-refractivity contribution in [1.29, 1.82) is 0 Å². The summed E-state index contributed by atoms with van der Waals surface area (Å²) < 4.78 is 1.63. The maximum Gasteiger partial charge on any atom is 0.224 e. The van der Waals surface area contributed by atoms with Crippen LogP contribution >= 0.6 is 0 Å². The Balaban J connectivity index is 1.74. The lowest BCUT2D eigenvalue weighted by Crippen LogP contribution is -2.63. The van der Waals surface area contributed by atoms with Crippen molar-refractivity contribution >= 4 is 5.91 Å². The molecule has 2 rings (SSSR count). The number of β-amino-alcohol motifs (C(OH)–C–C–N with tert-alkyl or cyclic N) is 1. The molecular formula is C10H16N4O2. The van der Waals surface area contributed by atoms with Gasteiger partial charge < -0.3 is 10.0 Å². The molecule has 1 aliphatic rings. The van der Waals surface area contributed by atoms with Crippen molar-refractivity contribution in [1.82, 2.24) is 19.9 Å². The molecule has 2 heterocycles. The third-order valence-electron chi connectivity index (χ3n) is 3.01. The number of carbonyl (C=O) groups excluding carboxylic acids is 1. The highest BCUT2D eigenvalue weighted by atomic mass is 16.3. The summed E-state index contributed by atoms with van der Waals surface area (Å²) in [5.41, 5.74) is -0.650. The van der Waals surface area contributed by atoms with Crippen LogP contribution in [0.1, 0.15) is 19.8 Å². The number of amides is 1. The van der Waals surface area contributed by atoms with Crippen LogP contribution in [0.2, 0.25) is 0 Å². The van der Waals surface area contributed by atoms with Crippen molar-refractivity contribution < 1.29 is 9.90 Å². The maximum atomic E-state index is 11.7. The molecule has 16 heavy (non-hydrogen) atoms. The lowest BCUT2D eigenvalue weighted by molar-refractivity contribution is -0.156. The van der Waals surface area contributed by atoms with Crippen LogP contribution in [-0.2, 0) is 11.3 Å². The lowest BCUT2D eigenvalue weighted by Gasteiger charge is -2.46. The number of aryl methyl sites for hydroxylation is 1. The molecule has 1 aliphatic heterocycles. The van der Waals surface area contributed by atoms with Gasteiger partial charge in [-0.25, -0.2) is 0 Å². The molecule has 1 aromatic rings. The Labute approximate surface area is 93.9 Å². The van der Waals surface area contributed by atoms with Gasteiger partial charge in [-0.05, 0) is 6.42 Å². The van der Waals surface area contributed by atoms with E-state index in [9.17, 15) is 9.90 Å². The molecule has 0 atom stereocenters. The van der Waals surface area contributed by atoms with Crippen LogP contribution < -0.4 is 0 Å². The van der Waals surface area contributed by atoms with Gasteiger partial charge in [-0.15, -0.1) is 5.10 Å². The molecule has 1 saturated heterocycles. The Morgan fingerprint density at radius 1 is 1.56 bits per heavy atom. The topological polar surface area (TPSA) is 71.2 Å². The molecule has 0 radical (unpaired) electrons. The van der Waals surface area contributed by atoms with Crippen molar-refractivity contribution in [3.05, 3.63) is 12.4 Å². The monoisotopic (exact) mass is 224 g/mol. The van der Waals surface area contributed by atoms with Crippen molar-refractivity contribution in [3.8, 4) is 0 Å². The molecule has 1 aromatic heterocycles. The zero-order valence-electron chi connectivity index (χ0n) is 9.33. The van der Waals surface area contributed by atoms with E-state index in [-0.39, 0.29) is 5.91 Å². The molecule has 0 aromatic carbocycles. The van der Waals surface area contributed by atoms with Crippen LogP contribution in [-0.4, -0.2) is 49.6 Å². The molecule has 0 saturated carbocycles. The highest BCUT2D eigenvalue weighted by molar-refractivity contribution is 5.77. The third-order valence-corrected chi connectivity index (χ3v) is 3.01. The first-order valence-electron chi connectivity index (χ1n) is 5.47. The Hall–Kier alpha value is -1.43. The molecule has 0 unspecified atom stereocenters. The van der Waals surface area contributed by atoms with Gasteiger partial charge in [0.1, 0.15) is 0 Å². The molecule has 6 nitrogen and oxygen atoms in total. The first-order chi connectivity index (χ1) is 7.63. The molecule has 1 fully saturated rings. The minimum Gasteiger partial charge on any atom is -0.386 e. The van der Waals surface area contributed by atoms with Gasteiger partial charge in [-0.1, -0.05) is 12.1 Å². The Morgan fingerprint density at radius 3 is 2.88 bits per heavy atom. The zero-order chi connectivity index (χ0) is 11.6. The van der Waals surface area contributed by atoms with Gasteiger partial charge in [0.25, 0.3) is 0 Å². The SMILES string of the molecule is CCC1(O)CN(C(=O)CCn2ccnn2)C1. The number of nitrogens with zero attached hydrogens (tertiary/aromatic N) is 4. The second-order valence-corrected chi connectivity index (χ2v) is 4.24. The fourth-order valence-corrected chi connectivity index (χ4v) is 1.78. The van der Waals surface area contributed by atoms with E-state index in [1.54, 1.807) is 22.0 Å². The Morgan fingerprint density at radius 2 is 2.31 bits per heavy atom. The van der Waals surface area contributed by atoms with Crippen LogP contribution in [0, 0.1) is 0 Å². The molecule has 0 bridgehead atoms. The number of aliphatic hydroxyl groups is 1. The normalized spacial score (nSPS) is 18.2. The Kier molecular flexibility index (Phi) is 2.91. The summed E-state index contributed by atoms with van der Waals surface area (Å²) in [6, 6.07) is 0. The smallest absolute Gasteiger partial charge is 0.224 e. The maximum absolute atomic E-state index is 11.7. The predicted octanol–water partition coefficient (Wildman–Crippen LogP) is -0.349. The zero-order valence-corrected chi connectivity index (χ0v) is 9.33. The fourth-order valence-electron chi connectivity index (χ4n) is 1.78. The summed E-state index contributed by atoms with van der Waals surface area (Å²) in [4.78, 5) is 13.4. The first-order valence-corrected chi connectivity index (χ1v) is 5.47. The summed E-state index contributed by atoms with van der Waals surface area (Å²) in [5.74, 6) is 0.0635. The van der Waals surface area contributed by atoms with Gasteiger partial charge in [0.2, 0.25) is 5.91 Å². The van der Waals surface area contributed by atoms with E-state index >= 15 is 0 Å². The standard InChI is InChI=1S/C10H16N4O2/c1-2-10(16)7-13(8-10)9(15)3-5-14-6-4-11-12-14/h4,6,16H,2-3,5,7-8H2,1H3. The summed E-state index contributed by atoms with van der Waals surface area (Å²) in [7, 11) is 0. The van der Waals surface area contributed by atoms with Gasteiger partial charge in [-0.2, -0.15) is 0 Å². The number of hydrogen-bond donors (Lipinski definition) is 1. The second kappa shape index (κ2) is 4.21. The van der Waals surface area contributed by atoms with E-state index < -0.39 is 5.60 Å². The first kappa shape index (κ1) is 11.1. The fraction of sp³-hybridized carbons (Fsp3) is 0.700. The quantitative estimate of drug-likeness (QED) is 0.759. The molecule has 0 spiro atoms. The van der Waals surface area contributed by atoms with E-state index in [2.05, 4.69) is 10.3 Å². The van der Waals surface area contributed by atoms with Crippen molar-refractivity contribution in [2.45, 2.75) is 31.9 Å². The van der Waals surface area contributed by atoms with E-state index in [1.165, 1.54) is 0 Å². The van der Waals surface area contributed by atoms with Crippen LogP contribution in [0.15, 0.2) is 12.4 Å². The van der Waals surface area contributed by atoms with Gasteiger partial charge in [0, 0.05) is 12.6 Å². The highest BCUT2D eigenvalue weighted by Crippen LogP contribution is 2.24. The molecule has 1 amide bonds. The number of rotatable bonds is 4. The summed E-state index contributed by atoms with van der Waals surface area (Å²) in [5, 5.41) is 17.2. The largest absolute Gasteiger partial charge is 0.386 e. The average Bonchev–Trinajstić information content (AvgIpc) is 2.74. The highest BCUT2D eigenvalue weighted by Gasteiger charge is 2.41. The average molecular weight is 224 g/mol. The van der Waals surface area contributed by atoms with E-state index in [0.29, 0.717) is 32.5 Å². The van der Waals surface area contributed by atoms with Crippen molar-refractivity contribution in [2.75, 3.05) is 13.1 Å². The Bertz CT molecular complexity index is 357. The number of aromatic nitrogens is 3. The molecule has 1 N–H and O–H groups in total. The van der Waals surface area contributed by atoms with Gasteiger partial charge in [0.05, 0.1) is 31.4 Å². The number of hydrogen-bond acceptors (Lipinski definition) is 4. The van der Waals surface area contributed by atoms with E-state index in [1.807, 2.05) is 6.92 Å². The molecule has 6 heteroatoms. The summed E-state index contributed by atoms with van der Waals surface area (Å²) in [6.07, 6.45) is 4.42. The summed E-state index contributed by atoms with van der Waals surface area (Å²) >= 11 is 0.